The number of halogens is 1. The van der Waals surface area contributed by atoms with E-state index in [0.29, 0.717) is 11.5 Å². The van der Waals surface area contributed by atoms with E-state index in [4.69, 9.17) is 10.8 Å². The number of carbonyl (C=O) groups is 1. The SMILES string of the molecule is Nc1nc2cc(/C=C/C(=O)O)c(Br)cc2[nH]1. The van der Waals surface area contributed by atoms with Crippen LogP contribution in [0.25, 0.3) is 17.1 Å². The van der Waals surface area contributed by atoms with Crippen molar-refractivity contribution in [3.63, 3.8) is 0 Å². The Kier molecular flexibility index (Phi) is 2.66. The number of aromatic amines is 1. The van der Waals surface area contributed by atoms with E-state index in [1.54, 1.807) is 12.1 Å². The number of nitrogens with two attached hydrogens (primary N) is 1. The molecule has 0 atom stereocenters. The van der Waals surface area contributed by atoms with Crippen molar-refractivity contribution in [2.24, 2.45) is 0 Å². The highest BCUT2D eigenvalue weighted by molar-refractivity contribution is 9.10. The zero-order valence-corrected chi connectivity index (χ0v) is 9.65. The van der Waals surface area contributed by atoms with Crippen molar-refractivity contribution >= 4 is 45.0 Å². The van der Waals surface area contributed by atoms with E-state index >= 15 is 0 Å². The summed E-state index contributed by atoms with van der Waals surface area (Å²) in [6.45, 7) is 0. The van der Waals surface area contributed by atoms with Gasteiger partial charge >= 0.3 is 5.97 Å². The van der Waals surface area contributed by atoms with Gasteiger partial charge in [-0.1, -0.05) is 15.9 Å². The van der Waals surface area contributed by atoms with E-state index in [1.807, 2.05) is 0 Å². The minimum absolute atomic E-state index is 0.335. The summed E-state index contributed by atoms with van der Waals surface area (Å²) in [5, 5.41) is 8.54. The molecule has 2 aromatic rings. The van der Waals surface area contributed by atoms with Crippen LogP contribution < -0.4 is 5.73 Å². The summed E-state index contributed by atoms with van der Waals surface area (Å²) in [5.41, 5.74) is 7.76. The number of carboxylic acid groups (broad SMARTS) is 1. The van der Waals surface area contributed by atoms with Crippen LogP contribution in [0.15, 0.2) is 22.7 Å². The molecule has 0 aliphatic carbocycles. The molecular formula is C10H8BrN3O2. The molecule has 4 N–H and O–H groups in total. The van der Waals surface area contributed by atoms with E-state index in [2.05, 4.69) is 25.9 Å². The summed E-state index contributed by atoms with van der Waals surface area (Å²) < 4.78 is 0.779. The van der Waals surface area contributed by atoms with E-state index < -0.39 is 5.97 Å². The maximum absolute atomic E-state index is 10.4. The van der Waals surface area contributed by atoms with Gasteiger partial charge in [0, 0.05) is 10.5 Å². The Hall–Kier alpha value is -1.82. The Labute approximate surface area is 99.1 Å². The van der Waals surface area contributed by atoms with Crippen LogP contribution >= 0.6 is 15.9 Å². The Balaban J connectivity index is 2.53. The van der Waals surface area contributed by atoms with Gasteiger partial charge in [0.05, 0.1) is 11.0 Å². The number of anilines is 1. The summed E-state index contributed by atoms with van der Waals surface area (Å²) in [6, 6.07) is 3.56. The normalized spacial score (nSPS) is 11.3. The van der Waals surface area contributed by atoms with Gasteiger partial charge in [0.25, 0.3) is 0 Å². The first-order valence-electron chi connectivity index (χ1n) is 4.42. The lowest BCUT2D eigenvalue weighted by Gasteiger charge is -1.97. The fourth-order valence-corrected chi connectivity index (χ4v) is 1.83. The Morgan fingerprint density at radius 1 is 1.56 bits per heavy atom. The number of carboxylic acids is 1. The number of nitrogen functional groups attached to an aromatic ring is 1. The second-order valence-electron chi connectivity index (χ2n) is 3.18. The Bertz CT molecular complexity index is 589. The standard InChI is InChI=1S/C10H8BrN3O2/c11-6-4-8-7(13-10(12)14-8)3-5(6)1-2-9(15)16/h1-4H,(H,15,16)(H3,12,13,14)/b2-1+. The van der Waals surface area contributed by atoms with Gasteiger partial charge in [-0.15, -0.1) is 0 Å². The van der Waals surface area contributed by atoms with Crippen LogP contribution in [0.3, 0.4) is 0 Å². The number of aromatic nitrogens is 2. The molecule has 0 saturated heterocycles. The molecular weight excluding hydrogens is 274 g/mol. The summed E-state index contributed by atoms with van der Waals surface area (Å²) in [4.78, 5) is 17.4. The molecule has 0 amide bonds. The first-order valence-corrected chi connectivity index (χ1v) is 5.21. The molecule has 0 saturated carbocycles. The number of fused-ring (bicyclic) bond motifs is 1. The van der Waals surface area contributed by atoms with Crippen molar-refractivity contribution in [3.8, 4) is 0 Å². The molecule has 0 radical (unpaired) electrons. The quantitative estimate of drug-likeness (QED) is 0.734. The van der Waals surface area contributed by atoms with Crippen LogP contribution in [0.1, 0.15) is 5.56 Å². The molecule has 6 heteroatoms. The van der Waals surface area contributed by atoms with Crippen molar-refractivity contribution in [3.05, 3.63) is 28.2 Å². The van der Waals surface area contributed by atoms with E-state index in [0.717, 1.165) is 21.6 Å². The minimum Gasteiger partial charge on any atom is -0.478 e. The number of H-pyrrole nitrogens is 1. The molecule has 16 heavy (non-hydrogen) atoms. The van der Waals surface area contributed by atoms with Crippen LogP contribution in [0, 0.1) is 0 Å². The molecule has 1 aromatic carbocycles. The fourth-order valence-electron chi connectivity index (χ4n) is 1.36. The molecule has 82 valence electrons. The second-order valence-corrected chi connectivity index (χ2v) is 4.04. The van der Waals surface area contributed by atoms with E-state index in [-0.39, 0.29) is 0 Å². The van der Waals surface area contributed by atoms with Crippen LogP contribution in [0.2, 0.25) is 0 Å². The molecule has 2 rings (SSSR count). The molecule has 1 heterocycles. The third-order valence-electron chi connectivity index (χ3n) is 2.02. The Morgan fingerprint density at radius 2 is 2.31 bits per heavy atom. The maximum Gasteiger partial charge on any atom is 0.328 e. The van der Waals surface area contributed by atoms with Gasteiger partial charge in [-0.05, 0) is 23.8 Å². The van der Waals surface area contributed by atoms with Crippen molar-refractivity contribution < 1.29 is 9.90 Å². The molecule has 0 bridgehead atoms. The van der Waals surface area contributed by atoms with E-state index in [9.17, 15) is 4.79 Å². The van der Waals surface area contributed by atoms with Gasteiger partial charge < -0.3 is 15.8 Å². The third-order valence-corrected chi connectivity index (χ3v) is 2.71. The van der Waals surface area contributed by atoms with E-state index in [1.165, 1.54) is 6.08 Å². The van der Waals surface area contributed by atoms with Crippen LogP contribution in [-0.2, 0) is 4.79 Å². The molecule has 0 fully saturated rings. The maximum atomic E-state index is 10.4. The molecule has 0 aliphatic rings. The smallest absolute Gasteiger partial charge is 0.328 e. The molecule has 0 aliphatic heterocycles. The average Bonchev–Trinajstić information content (AvgIpc) is 2.53. The lowest BCUT2D eigenvalue weighted by Crippen LogP contribution is -1.86. The first-order chi connectivity index (χ1) is 7.56. The first kappa shape index (κ1) is 10.7. The largest absolute Gasteiger partial charge is 0.478 e. The summed E-state index contributed by atoms with van der Waals surface area (Å²) in [7, 11) is 0. The minimum atomic E-state index is -0.992. The average molecular weight is 282 g/mol. The number of rotatable bonds is 2. The molecule has 5 nitrogen and oxygen atoms in total. The third kappa shape index (κ3) is 2.06. The number of imidazole rings is 1. The molecule has 0 spiro atoms. The number of hydrogen-bond donors (Lipinski definition) is 3. The van der Waals surface area contributed by atoms with Gasteiger partial charge in [-0.3, -0.25) is 0 Å². The van der Waals surface area contributed by atoms with Gasteiger partial charge in [0.1, 0.15) is 0 Å². The summed E-state index contributed by atoms with van der Waals surface area (Å²) >= 11 is 3.34. The monoisotopic (exact) mass is 281 g/mol. The van der Waals surface area contributed by atoms with Crippen LogP contribution in [0.4, 0.5) is 5.95 Å². The van der Waals surface area contributed by atoms with Gasteiger partial charge in [-0.2, -0.15) is 0 Å². The summed E-state index contributed by atoms with van der Waals surface area (Å²) in [6.07, 6.45) is 2.57. The number of nitrogens with one attached hydrogen (secondary N) is 1. The molecule has 1 aromatic heterocycles. The van der Waals surface area contributed by atoms with Crippen molar-refractivity contribution in [2.75, 3.05) is 5.73 Å². The Morgan fingerprint density at radius 3 is 3.00 bits per heavy atom. The number of hydrogen-bond acceptors (Lipinski definition) is 3. The highest BCUT2D eigenvalue weighted by Crippen LogP contribution is 2.24. The number of aliphatic carboxylic acids is 1. The van der Waals surface area contributed by atoms with Crippen molar-refractivity contribution in [1.82, 2.24) is 9.97 Å². The predicted molar refractivity (Wildman–Crippen MR) is 64.9 cm³/mol. The highest BCUT2D eigenvalue weighted by atomic mass is 79.9. The van der Waals surface area contributed by atoms with Gasteiger partial charge in [-0.25, -0.2) is 9.78 Å². The highest BCUT2D eigenvalue weighted by Gasteiger charge is 2.04. The second kappa shape index (κ2) is 3.97. The van der Waals surface area contributed by atoms with Gasteiger partial charge in [0.15, 0.2) is 5.95 Å². The number of nitrogens with zero attached hydrogens (tertiary/aromatic N) is 1. The predicted octanol–water partition coefficient (Wildman–Crippen LogP) is 2.01. The van der Waals surface area contributed by atoms with Crippen molar-refractivity contribution in [2.45, 2.75) is 0 Å². The van der Waals surface area contributed by atoms with Crippen LogP contribution in [-0.4, -0.2) is 21.0 Å². The zero-order valence-electron chi connectivity index (χ0n) is 8.07. The fraction of sp³-hybridized carbons (Fsp3) is 0. The summed E-state index contributed by atoms with van der Waals surface area (Å²) in [5.74, 6) is -0.658. The number of benzene rings is 1. The van der Waals surface area contributed by atoms with Gasteiger partial charge in [0.2, 0.25) is 0 Å². The lowest BCUT2D eigenvalue weighted by atomic mass is 10.2. The molecule has 0 unspecified atom stereocenters. The van der Waals surface area contributed by atoms with Crippen molar-refractivity contribution in [1.29, 1.82) is 0 Å². The lowest BCUT2D eigenvalue weighted by molar-refractivity contribution is -0.131. The van der Waals surface area contributed by atoms with Crippen LogP contribution in [0.5, 0.6) is 0 Å². The topological polar surface area (TPSA) is 92.0 Å². The zero-order chi connectivity index (χ0) is 11.7.